The molecule has 7 nitrogen and oxygen atoms in total. The van der Waals surface area contributed by atoms with E-state index in [1.807, 2.05) is 30.3 Å². The molecule has 2 aromatic heterocycles. The molecule has 27 heavy (non-hydrogen) atoms. The van der Waals surface area contributed by atoms with Gasteiger partial charge in [0, 0.05) is 18.5 Å². The van der Waals surface area contributed by atoms with E-state index in [1.165, 1.54) is 0 Å². The summed E-state index contributed by atoms with van der Waals surface area (Å²) in [6.45, 7) is 2.95. The largest absolute Gasteiger partial charge is 0.506 e. The van der Waals surface area contributed by atoms with Gasteiger partial charge in [-0.3, -0.25) is 4.79 Å². The van der Waals surface area contributed by atoms with Gasteiger partial charge in [0.15, 0.2) is 0 Å². The number of rotatable bonds is 2. The van der Waals surface area contributed by atoms with Gasteiger partial charge in [-0.05, 0) is 24.3 Å². The molecule has 7 heteroatoms. The van der Waals surface area contributed by atoms with Gasteiger partial charge in [-0.2, -0.15) is 0 Å². The molecule has 2 aromatic carbocycles. The second kappa shape index (κ2) is 6.14. The first-order valence-electron chi connectivity index (χ1n) is 8.88. The fourth-order valence-corrected chi connectivity index (χ4v) is 3.64. The second-order valence-corrected chi connectivity index (χ2v) is 6.58. The van der Waals surface area contributed by atoms with Gasteiger partial charge in [-0.1, -0.05) is 18.2 Å². The Hall–Kier alpha value is -3.32. The molecule has 0 unspecified atom stereocenters. The Balaban J connectivity index is 1.70. The number of anilines is 1. The van der Waals surface area contributed by atoms with Crippen molar-refractivity contribution in [3.8, 4) is 17.1 Å². The number of ether oxygens (including phenoxy) is 1. The van der Waals surface area contributed by atoms with E-state index in [4.69, 9.17) is 4.74 Å². The lowest BCUT2D eigenvalue weighted by molar-refractivity contribution is 0.123. The number of aromatic hydroxyl groups is 1. The minimum atomic E-state index is -0.377. The van der Waals surface area contributed by atoms with Gasteiger partial charge in [-0.25, -0.2) is 4.98 Å². The zero-order valence-corrected chi connectivity index (χ0v) is 14.5. The van der Waals surface area contributed by atoms with Crippen LogP contribution in [-0.4, -0.2) is 46.4 Å². The Kier molecular flexibility index (Phi) is 3.61. The van der Waals surface area contributed by atoms with Crippen molar-refractivity contribution in [1.29, 1.82) is 0 Å². The lowest BCUT2D eigenvalue weighted by Gasteiger charge is -2.28. The van der Waals surface area contributed by atoms with Crippen LogP contribution in [0.3, 0.4) is 0 Å². The van der Waals surface area contributed by atoms with Crippen LogP contribution in [0.5, 0.6) is 5.75 Å². The first-order valence-corrected chi connectivity index (χ1v) is 8.88. The third-order valence-corrected chi connectivity index (χ3v) is 4.97. The van der Waals surface area contributed by atoms with Crippen molar-refractivity contribution < 1.29 is 9.84 Å². The van der Waals surface area contributed by atoms with Crippen molar-refractivity contribution in [3.05, 3.63) is 52.8 Å². The predicted octanol–water partition coefficient (Wildman–Crippen LogP) is 2.61. The molecule has 0 spiro atoms. The van der Waals surface area contributed by atoms with Crippen LogP contribution in [0.1, 0.15) is 0 Å². The SMILES string of the molecule is O=c1[nH]c2ccccc2c(O)c1-c1nc2c(N3CCOCC3)cccc2[nH]1. The Bertz CT molecular complexity index is 1210. The van der Waals surface area contributed by atoms with Gasteiger partial charge in [0.1, 0.15) is 22.7 Å². The number of nitrogens with one attached hydrogen (secondary N) is 2. The van der Waals surface area contributed by atoms with Crippen molar-refractivity contribution in [2.24, 2.45) is 0 Å². The summed E-state index contributed by atoms with van der Waals surface area (Å²) in [7, 11) is 0. The van der Waals surface area contributed by atoms with Gasteiger partial charge in [0.25, 0.3) is 5.56 Å². The van der Waals surface area contributed by atoms with Gasteiger partial charge in [0.05, 0.1) is 29.9 Å². The average Bonchev–Trinajstić information content (AvgIpc) is 3.12. The van der Waals surface area contributed by atoms with Gasteiger partial charge in [0.2, 0.25) is 0 Å². The highest BCUT2D eigenvalue weighted by atomic mass is 16.5. The molecule has 3 heterocycles. The van der Waals surface area contributed by atoms with Crippen LogP contribution in [0.4, 0.5) is 5.69 Å². The third kappa shape index (κ3) is 2.55. The number of morpholine rings is 1. The molecule has 136 valence electrons. The Morgan fingerprint density at radius 1 is 1.00 bits per heavy atom. The van der Waals surface area contributed by atoms with Crippen molar-refractivity contribution in [2.75, 3.05) is 31.2 Å². The Labute approximate surface area is 154 Å². The van der Waals surface area contributed by atoms with Crippen molar-refractivity contribution in [3.63, 3.8) is 0 Å². The Morgan fingerprint density at radius 3 is 2.63 bits per heavy atom. The number of aromatic amines is 2. The summed E-state index contributed by atoms with van der Waals surface area (Å²) in [5, 5.41) is 11.3. The summed E-state index contributed by atoms with van der Waals surface area (Å²) >= 11 is 0. The summed E-state index contributed by atoms with van der Waals surface area (Å²) in [5.41, 5.74) is 2.96. The van der Waals surface area contributed by atoms with Crippen LogP contribution >= 0.6 is 0 Å². The highest BCUT2D eigenvalue weighted by molar-refractivity contribution is 5.94. The number of hydrogen-bond acceptors (Lipinski definition) is 5. The number of nitrogens with zero attached hydrogens (tertiary/aromatic N) is 2. The molecular weight excluding hydrogens is 344 g/mol. The molecule has 0 amide bonds. The number of benzene rings is 2. The minimum absolute atomic E-state index is 0.0682. The lowest BCUT2D eigenvalue weighted by atomic mass is 10.1. The van der Waals surface area contributed by atoms with Gasteiger partial charge in [-0.15, -0.1) is 0 Å². The van der Waals surface area contributed by atoms with Crippen LogP contribution in [0, 0.1) is 0 Å². The number of hydrogen-bond donors (Lipinski definition) is 3. The molecule has 3 N–H and O–H groups in total. The number of H-pyrrole nitrogens is 2. The topological polar surface area (TPSA) is 94.2 Å². The molecule has 0 saturated carbocycles. The molecule has 1 fully saturated rings. The smallest absolute Gasteiger partial charge is 0.263 e. The first-order chi connectivity index (χ1) is 13.2. The van der Waals surface area contributed by atoms with E-state index in [2.05, 4.69) is 19.9 Å². The number of pyridine rings is 1. The van der Waals surface area contributed by atoms with E-state index in [9.17, 15) is 9.90 Å². The number of aromatic nitrogens is 3. The van der Waals surface area contributed by atoms with Crippen molar-refractivity contribution in [2.45, 2.75) is 0 Å². The average molecular weight is 362 g/mol. The lowest BCUT2D eigenvalue weighted by Crippen LogP contribution is -2.36. The number of para-hydroxylation sites is 2. The highest BCUT2D eigenvalue weighted by Gasteiger charge is 2.20. The van der Waals surface area contributed by atoms with E-state index in [1.54, 1.807) is 12.1 Å². The zero-order valence-electron chi connectivity index (χ0n) is 14.5. The monoisotopic (exact) mass is 362 g/mol. The third-order valence-electron chi connectivity index (χ3n) is 4.97. The maximum absolute atomic E-state index is 12.6. The van der Waals surface area contributed by atoms with E-state index in [-0.39, 0.29) is 16.9 Å². The summed E-state index contributed by atoms with van der Waals surface area (Å²) in [4.78, 5) is 25.5. The first kappa shape index (κ1) is 15.9. The summed E-state index contributed by atoms with van der Waals surface area (Å²) in [6.07, 6.45) is 0. The molecule has 0 atom stereocenters. The van der Waals surface area contributed by atoms with Gasteiger partial charge < -0.3 is 24.7 Å². The quantitative estimate of drug-likeness (QED) is 0.510. The van der Waals surface area contributed by atoms with E-state index >= 15 is 0 Å². The van der Waals surface area contributed by atoms with Crippen LogP contribution < -0.4 is 10.5 Å². The molecule has 0 aliphatic carbocycles. The molecule has 1 aliphatic heterocycles. The fourth-order valence-electron chi connectivity index (χ4n) is 3.64. The van der Waals surface area contributed by atoms with E-state index in [0.29, 0.717) is 29.9 Å². The van der Waals surface area contributed by atoms with E-state index in [0.717, 1.165) is 29.8 Å². The molecule has 0 bridgehead atoms. The second-order valence-electron chi connectivity index (χ2n) is 6.58. The van der Waals surface area contributed by atoms with Crippen LogP contribution in [0.15, 0.2) is 47.3 Å². The normalized spacial score (nSPS) is 14.9. The molecule has 1 aliphatic rings. The summed E-state index contributed by atoms with van der Waals surface area (Å²) < 4.78 is 5.43. The number of imidazole rings is 1. The minimum Gasteiger partial charge on any atom is -0.506 e. The summed E-state index contributed by atoms with van der Waals surface area (Å²) in [6, 6.07) is 13.1. The van der Waals surface area contributed by atoms with Crippen molar-refractivity contribution in [1.82, 2.24) is 15.0 Å². The van der Waals surface area contributed by atoms with Crippen LogP contribution in [-0.2, 0) is 4.74 Å². The molecular formula is C20H18N4O3. The number of fused-ring (bicyclic) bond motifs is 2. The Morgan fingerprint density at radius 2 is 1.78 bits per heavy atom. The molecule has 1 saturated heterocycles. The van der Waals surface area contributed by atoms with Crippen LogP contribution in [0.2, 0.25) is 0 Å². The van der Waals surface area contributed by atoms with Crippen LogP contribution in [0.25, 0.3) is 33.3 Å². The van der Waals surface area contributed by atoms with Gasteiger partial charge >= 0.3 is 0 Å². The standard InChI is InChI=1S/C20H18N4O3/c25-18-12-4-1-2-5-13(12)22-20(26)16(18)19-21-14-6-3-7-15(17(14)23-19)24-8-10-27-11-9-24/h1-7H,8-11H2,(H,21,23)(H2,22,25,26). The highest BCUT2D eigenvalue weighted by Crippen LogP contribution is 2.33. The molecule has 0 radical (unpaired) electrons. The predicted molar refractivity (Wildman–Crippen MR) is 104 cm³/mol. The van der Waals surface area contributed by atoms with Crippen molar-refractivity contribution >= 4 is 27.6 Å². The fraction of sp³-hybridized carbons (Fsp3) is 0.200. The maximum atomic E-state index is 12.6. The maximum Gasteiger partial charge on any atom is 0.263 e. The molecule has 5 rings (SSSR count). The summed E-state index contributed by atoms with van der Waals surface area (Å²) in [5.74, 6) is 0.288. The molecule has 4 aromatic rings. The van der Waals surface area contributed by atoms with E-state index < -0.39 is 0 Å². The zero-order chi connectivity index (χ0) is 18.4.